The molecule has 29 heavy (non-hydrogen) atoms. The number of rotatable bonds is 6. The van der Waals surface area contributed by atoms with Crippen molar-refractivity contribution in [2.45, 2.75) is 19.0 Å². The first-order valence-electron chi connectivity index (χ1n) is 8.40. The number of halogens is 3. The van der Waals surface area contributed by atoms with E-state index in [1.807, 2.05) is 0 Å². The number of nitrogens with zero attached hydrogens (tertiary/aromatic N) is 1. The molecule has 1 saturated heterocycles. The number of hydrogen-bond acceptors (Lipinski definition) is 5. The van der Waals surface area contributed by atoms with Crippen molar-refractivity contribution in [2.75, 3.05) is 6.54 Å². The van der Waals surface area contributed by atoms with Crippen molar-refractivity contribution in [3.8, 4) is 11.3 Å². The molecule has 0 unspecified atom stereocenters. The zero-order valence-corrected chi connectivity index (χ0v) is 16.4. The highest BCUT2D eigenvalue weighted by Gasteiger charge is 2.34. The number of furan rings is 1. The van der Waals surface area contributed by atoms with Gasteiger partial charge in [0.2, 0.25) is 0 Å². The maximum Gasteiger partial charge on any atom is 0.417 e. The van der Waals surface area contributed by atoms with Gasteiger partial charge in [0.05, 0.1) is 10.5 Å². The van der Waals surface area contributed by atoms with Crippen LogP contribution in [0.2, 0.25) is 0 Å². The average molecular weight is 441 g/mol. The molecule has 1 aromatic carbocycles. The lowest BCUT2D eigenvalue weighted by Crippen LogP contribution is -2.29. The maximum atomic E-state index is 13.2. The fourth-order valence-electron chi connectivity index (χ4n) is 2.73. The van der Waals surface area contributed by atoms with Crippen LogP contribution in [0.15, 0.2) is 45.7 Å². The van der Waals surface area contributed by atoms with E-state index < -0.39 is 17.7 Å². The van der Waals surface area contributed by atoms with Gasteiger partial charge in [-0.05, 0) is 24.6 Å². The quantitative estimate of drug-likeness (QED) is 0.501. The Hall–Kier alpha value is -2.59. The van der Waals surface area contributed by atoms with Gasteiger partial charge in [-0.25, -0.2) is 0 Å². The molecule has 3 rings (SSSR count). The Kier molecular flexibility index (Phi) is 6.13. The third-order valence-corrected chi connectivity index (χ3v) is 5.42. The number of carbonyl (C=O) groups is 2. The van der Waals surface area contributed by atoms with Crippen LogP contribution in [0, 0.1) is 0 Å². The lowest BCUT2D eigenvalue weighted by atomic mass is 10.1. The number of benzene rings is 1. The third kappa shape index (κ3) is 4.88. The molecule has 1 fully saturated rings. The van der Waals surface area contributed by atoms with Crippen molar-refractivity contribution >= 4 is 46.3 Å². The summed E-state index contributed by atoms with van der Waals surface area (Å²) in [5, 5.41) is 8.70. The van der Waals surface area contributed by atoms with Crippen molar-refractivity contribution in [3.05, 3.63) is 52.6 Å². The summed E-state index contributed by atoms with van der Waals surface area (Å²) in [7, 11) is 0. The van der Waals surface area contributed by atoms with Gasteiger partial charge in [-0.2, -0.15) is 13.2 Å². The molecule has 0 atom stereocenters. The van der Waals surface area contributed by atoms with Crippen molar-refractivity contribution in [1.29, 1.82) is 0 Å². The van der Waals surface area contributed by atoms with Crippen LogP contribution in [-0.4, -0.2) is 32.7 Å². The van der Waals surface area contributed by atoms with Gasteiger partial charge in [0.15, 0.2) is 0 Å². The first-order chi connectivity index (χ1) is 13.7. The molecule has 0 spiro atoms. The van der Waals surface area contributed by atoms with Gasteiger partial charge in [-0.15, -0.1) is 0 Å². The summed E-state index contributed by atoms with van der Waals surface area (Å²) in [6, 6.07) is 7.94. The third-order valence-electron chi connectivity index (χ3n) is 4.04. The SMILES string of the molecule is O=C(O)CCCN1C(=O)/C(=C\c2ccc(-c3ccccc3C(F)(F)F)o2)SC1=S. The molecule has 10 heteroatoms. The molecule has 2 aromatic rings. The van der Waals surface area contributed by atoms with Crippen molar-refractivity contribution in [3.63, 3.8) is 0 Å². The largest absolute Gasteiger partial charge is 0.481 e. The van der Waals surface area contributed by atoms with E-state index >= 15 is 0 Å². The summed E-state index contributed by atoms with van der Waals surface area (Å²) in [6.07, 6.45) is -2.94. The van der Waals surface area contributed by atoms with E-state index in [1.54, 1.807) is 0 Å². The Morgan fingerprint density at radius 1 is 1.24 bits per heavy atom. The van der Waals surface area contributed by atoms with E-state index in [4.69, 9.17) is 21.7 Å². The van der Waals surface area contributed by atoms with Crippen LogP contribution in [0.3, 0.4) is 0 Å². The second-order valence-corrected chi connectivity index (χ2v) is 7.75. The first-order valence-corrected chi connectivity index (χ1v) is 9.63. The molecule has 0 bridgehead atoms. The number of aliphatic carboxylic acids is 1. The Bertz CT molecular complexity index is 997. The number of carboxylic acids is 1. The molecule has 2 heterocycles. The van der Waals surface area contributed by atoms with Crippen LogP contribution in [0.4, 0.5) is 13.2 Å². The zero-order chi connectivity index (χ0) is 21.2. The summed E-state index contributed by atoms with van der Waals surface area (Å²) in [5.74, 6) is -1.11. The van der Waals surface area contributed by atoms with E-state index in [0.717, 1.165) is 17.8 Å². The van der Waals surface area contributed by atoms with Crippen LogP contribution in [0.1, 0.15) is 24.2 Å². The minimum atomic E-state index is -4.53. The summed E-state index contributed by atoms with van der Waals surface area (Å²) < 4.78 is 45.4. The molecule has 0 radical (unpaired) electrons. The molecule has 1 aliphatic rings. The van der Waals surface area contributed by atoms with Gasteiger partial charge in [0.25, 0.3) is 5.91 Å². The highest BCUT2D eigenvalue weighted by atomic mass is 32.2. The Balaban J connectivity index is 1.80. The summed E-state index contributed by atoms with van der Waals surface area (Å²) in [6.45, 7) is 0.177. The van der Waals surface area contributed by atoms with Crippen molar-refractivity contribution in [2.24, 2.45) is 0 Å². The standard InChI is InChI=1S/C19H14F3NO4S2/c20-19(21,22)13-5-2-1-4-12(13)14-8-7-11(27-14)10-15-17(26)23(18(28)29-15)9-3-6-16(24)25/h1-2,4-5,7-8,10H,3,6,9H2,(H,24,25)/b15-10+. The van der Waals surface area contributed by atoms with Crippen LogP contribution in [0.5, 0.6) is 0 Å². The second kappa shape index (κ2) is 8.42. The van der Waals surface area contributed by atoms with Gasteiger partial charge >= 0.3 is 12.1 Å². The van der Waals surface area contributed by atoms with Crippen LogP contribution in [-0.2, 0) is 15.8 Å². The lowest BCUT2D eigenvalue weighted by Gasteiger charge is -2.13. The molecule has 0 saturated carbocycles. The Morgan fingerprint density at radius 3 is 2.66 bits per heavy atom. The van der Waals surface area contributed by atoms with Crippen LogP contribution in [0.25, 0.3) is 17.4 Å². The number of thioether (sulfide) groups is 1. The summed E-state index contributed by atoms with van der Waals surface area (Å²) in [4.78, 5) is 24.6. The monoisotopic (exact) mass is 441 g/mol. The summed E-state index contributed by atoms with van der Waals surface area (Å²) in [5.41, 5.74) is -0.911. The highest BCUT2D eigenvalue weighted by Crippen LogP contribution is 2.38. The van der Waals surface area contributed by atoms with E-state index in [2.05, 4.69) is 0 Å². The molecular formula is C19H14F3NO4S2. The zero-order valence-electron chi connectivity index (χ0n) is 14.7. The fourth-order valence-corrected chi connectivity index (χ4v) is 4.02. The number of amides is 1. The van der Waals surface area contributed by atoms with E-state index in [0.29, 0.717) is 4.32 Å². The average Bonchev–Trinajstić information content (AvgIpc) is 3.21. The highest BCUT2D eigenvalue weighted by molar-refractivity contribution is 8.26. The molecule has 1 amide bonds. The van der Waals surface area contributed by atoms with Crippen molar-refractivity contribution < 1.29 is 32.3 Å². The molecule has 1 aliphatic heterocycles. The van der Waals surface area contributed by atoms with Gasteiger partial charge in [0.1, 0.15) is 15.8 Å². The van der Waals surface area contributed by atoms with E-state index in [-0.39, 0.29) is 47.3 Å². The van der Waals surface area contributed by atoms with Crippen LogP contribution >= 0.6 is 24.0 Å². The topological polar surface area (TPSA) is 70.8 Å². The predicted octanol–water partition coefficient (Wildman–Crippen LogP) is 5.03. The molecule has 5 nitrogen and oxygen atoms in total. The Morgan fingerprint density at radius 2 is 1.97 bits per heavy atom. The number of carbonyl (C=O) groups excluding carboxylic acids is 1. The maximum absolute atomic E-state index is 13.2. The molecule has 1 N–H and O–H groups in total. The van der Waals surface area contributed by atoms with Crippen molar-refractivity contribution in [1.82, 2.24) is 4.90 Å². The molecular weight excluding hydrogens is 427 g/mol. The normalized spacial score (nSPS) is 16.1. The molecule has 152 valence electrons. The van der Waals surface area contributed by atoms with Gasteiger partial charge in [0, 0.05) is 24.6 Å². The number of hydrogen-bond donors (Lipinski definition) is 1. The molecule has 0 aliphatic carbocycles. The number of carboxylic acid groups (broad SMARTS) is 1. The smallest absolute Gasteiger partial charge is 0.417 e. The molecule has 1 aromatic heterocycles. The predicted molar refractivity (Wildman–Crippen MR) is 106 cm³/mol. The van der Waals surface area contributed by atoms with E-state index in [9.17, 15) is 22.8 Å². The van der Waals surface area contributed by atoms with Gasteiger partial charge in [-0.3, -0.25) is 14.5 Å². The van der Waals surface area contributed by atoms with Gasteiger partial charge < -0.3 is 9.52 Å². The number of alkyl halides is 3. The number of thiocarbonyl (C=S) groups is 1. The first kappa shape index (κ1) is 21.1. The van der Waals surface area contributed by atoms with Crippen LogP contribution < -0.4 is 0 Å². The minimum Gasteiger partial charge on any atom is -0.481 e. The second-order valence-electron chi connectivity index (χ2n) is 6.08. The van der Waals surface area contributed by atoms with E-state index in [1.165, 1.54) is 41.3 Å². The van der Waals surface area contributed by atoms with Gasteiger partial charge in [-0.1, -0.05) is 42.2 Å². The summed E-state index contributed by atoms with van der Waals surface area (Å²) >= 11 is 6.18. The minimum absolute atomic E-state index is 0.0288. The Labute approximate surface area is 173 Å². The lowest BCUT2D eigenvalue weighted by molar-refractivity contribution is -0.138. The fraction of sp³-hybridized carbons (Fsp3) is 0.211.